The minimum Gasteiger partial charge on any atom is -0.372 e. The van der Waals surface area contributed by atoms with Crippen molar-refractivity contribution in [2.45, 2.75) is 31.4 Å². The molecule has 5 nitrogen and oxygen atoms in total. The van der Waals surface area contributed by atoms with Crippen LogP contribution in [0.2, 0.25) is 0 Å². The summed E-state index contributed by atoms with van der Waals surface area (Å²) >= 11 is 3.32. The zero-order chi connectivity index (χ0) is 18.9. The van der Waals surface area contributed by atoms with Crippen molar-refractivity contribution in [2.24, 2.45) is 0 Å². The van der Waals surface area contributed by atoms with E-state index in [1.54, 1.807) is 18.2 Å². The third kappa shape index (κ3) is 3.57. The molecule has 1 aliphatic heterocycles. The molecule has 0 radical (unpaired) electrons. The van der Waals surface area contributed by atoms with Crippen LogP contribution in [0, 0.1) is 0 Å². The monoisotopic (exact) mass is 426 g/mol. The number of halogens is 3. The van der Waals surface area contributed by atoms with Crippen molar-refractivity contribution >= 4 is 27.7 Å². The van der Waals surface area contributed by atoms with Gasteiger partial charge >= 0.3 is 0 Å². The van der Waals surface area contributed by atoms with Crippen molar-refractivity contribution in [3.63, 3.8) is 0 Å². The number of benzene rings is 1. The highest BCUT2D eigenvalue weighted by Crippen LogP contribution is 2.34. The second-order valence-corrected chi connectivity index (χ2v) is 7.18. The number of allylic oxidation sites excluding steroid dienone is 4. The first-order valence-electron chi connectivity index (χ1n) is 8.13. The topological polar surface area (TPSA) is 69.6 Å². The van der Waals surface area contributed by atoms with E-state index in [9.17, 15) is 23.5 Å². The van der Waals surface area contributed by atoms with E-state index in [1.807, 2.05) is 6.07 Å². The standard InChI is InChI=1S/C18H17BrF2N2O3/c19-12-3-1-2-11(8-12)10-22-16(24)18(26)6-7-23(17(18)25)15-5-4-13(20)9-14(15)21/h1-3,8-9,26H,4-7,10H2,(H,22,24)/t18-/m0/s1. The van der Waals surface area contributed by atoms with Crippen molar-refractivity contribution < 1.29 is 23.5 Å². The molecule has 1 aliphatic carbocycles. The molecule has 1 heterocycles. The molecule has 2 N–H and O–H groups in total. The lowest BCUT2D eigenvalue weighted by Gasteiger charge is -2.25. The van der Waals surface area contributed by atoms with Crippen LogP contribution in [0.4, 0.5) is 8.78 Å². The fourth-order valence-electron chi connectivity index (χ4n) is 3.06. The van der Waals surface area contributed by atoms with E-state index in [-0.39, 0.29) is 38.0 Å². The summed E-state index contributed by atoms with van der Waals surface area (Å²) in [5.41, 5.74) is -1.45. The molecule has 26 heavy (non-hydrogen) atoms. The molecule has 3 rings (SSSR count). The smallest absolute Gasteiger partial charge is 0.268 e. The number of hydrogen-bond donors (Lipinski definition) is 2. The van der Waals surface area contributed by atoms with Gasteiger partial charge in [0.15, 0.2) is 0 Å². The minimum absolute atomic E-state index is 0.00213. The highest BCUT2D eigenvalue weighted by Gasteiger charge is 2.52. The van der Waals surface area contributed by atoms with Crippen LogP contribution >= 0.6 is 15.9 Å². The number of hydrogen-bond acceptors (Lipinski definition) is 3. The lowest BCUT2D eigenvalue weighted by molar-refractivity contribution is -0.153. The molecule has 2 amide bonds. The Balaban J connectivity index is 1.71. The number of nitrogens with zero attached hydrogens (tertiary/aromatic N) is 1. The number of likely N-dealkylation sites (tertiary alicyclic amines) is 1. The van der Waals surface area contributed by atoms with Gasteiger partial charge in [0.05, 0.1) is 5.70 Å². The summed E-state index contributed by atoms with van der Waals surface area (Å²) in [7, 11) is 0. The predicted molar refractivity (Wildman–Crippen MR) is 93.8 cm³/mol. The summed E-state index contributed by atoms with van der Waals surface area (Å²) in [5.74, 6) is -3.16. The van der Waals surface area contributed by atoms with Crippen LogP contribution in [-0.4, -0.2) is 34.0 Å². The Labute approximate surface area is 157 Å². The molecule has 8 heteroatoms. The second kappa shape index (κ2) is 7.28. The van der Waals surface area contributed by atoms with Crippen LogP contribution in [0.1, 0.15) is 24.8 Å². The predicted octanol–water partition coefficient (Wildman–Crippen LogP) is 2.86. The van der Waals surface area contributed by atoms with E-state index in [0.717, 1.165) is 21.0 Å². The third-order valence-electron chi connectivity index (χ3n) is 4.50. The van der Waals surface area contributed by atoms with Crippen molar-refractivity contribution in [2.75, 3.05) is 6.54 Å². The number of carbonyl (C=O) groups excluding carboxylic acids is 2. The van der Waals surface area contributed by atoms with Crippen molar-refractivity contribution in [1.82, 2.24) is 10.2 Å². The quantitative estimate of drug-likeness (QED) is 0.727. The number of nitrogens with one attached hydrogen (secondary N) is 1. The Kier molecular flexibility index (Phi) is 5.24. The van der Waals surface area contributed by atoms with E-state index in [4.69, 9.17) is 0 Å². The lowest BCUT2D eigenvalue weighted by atomic mass is 10.0. The third-order valence-corrected chi connectivity index (χ3v) is 4.99. The molecule has 1 atom stereocenters. The summed E-state index contributed by atoms with van der Waals surface area (Å²) in [6.45, 7) is 0.136. The Bertz CT molecular complexity index is 824. The second-order valence-electron chi connectivity index (χ2n) is 6.27. The van der Waals surface area contributed by atoms with Crippen LogP contribution in [-0.2, 0) is 16.1 Å². The highest BCUT2D eigenvalue weighted by atomic mass is 79.9. The molecule has 1 fully saturated rings. The molecule has 0 aromatic heterocycles. The minimum atomic E-state index is -2.25. The van der Waals surface area contributed by atoms with Gasteiger partial charge in [-0.05, 0) is 24.1 Å². The SMILES string of the molecule is O=C(NCc1cccc(Br)c1)[C@@]1(O)CCN(C2=C(F)C=C(F)CC2)C1=O. The van der Waals surface area contributed by atoms with Crippen molar-refractivity contribution in [3.05, 3.63) is 57.7 Å². The fraction of sp³-hybridized carbons (Fsp3) is 0.333. The first kappa shape index (κ1) is 18.7. The number of rotatable bonds is 4. The highest BCUT2D eigenvalue weighted by molar-refractivity contribution is 9.10. The molecule has 1 aromatic carbocycles. The molecule has 0 unspecified atom stereocenters. The Hall–Kier alpha value is -2.06. The number of aliphatic hydroxyl groups is 1. The summed E-state index contributed by atoms with van der Waals surface area (Å²) in [6, 6.07) is 7.23. The van der Waals surface area contributed by atoms with E-state index in [0.29, 0.717) is 0 Å². The van der Waals surface area contributed by atoms with Gasteiger partial charge in [-0.3, -0.25) is 9.59 Å². The van der Waals surface area contributed by atoms with Crippen LogP contribution in [0.5, 0.6) is 0 Å². The van der Waals surface area contributed by atoms with Crippen LogP contribution in [0.15, 0.2) is 52.2 Å². The van der Waals surface area contributed by atoms with E-state index < -0.39 is 29.1 Å². The summed E-state index contributed by atoms with van der Waals surface area (Å²) in [6.07, 6.45) is 0.575. The first-order chi connectivity index (χ1) is 12.3. The van der Waals surface area contributed by atoms with Crippen molar-refractivity contribution in [3.8, 4) is 0 Å². The normalized spacial score (nSPS) is 23.3. The van der Waals surface area contributed by atoms with Gasteiger partial charge < -0.3 is 15.3 Å². The van der Waals surface area contributed by atoms with Crippen LogP contribution in [0.25, 0.3) is 0 Å². The lowest BCUT2D eigenvalue weighted by Crippen LogP contribution is -2.52. The first-order valence-corrected chi connectivity index (χ1v) is 8.92. The molecule has 138 valence electrons. The molecule has 2 aliphatic rings. The molecule has 0 bridgehead atoms. The van der Waals surface area contributed by atoms with Gasteiger partial charge in [-0.15, -0.1) is 0 Å². The fourth-order valence-corrected chi connectivity index (χ4v) is 3.51. The van der Waals surface area contributed by atoms with Gasteiger partial charge in [0.25, 0.3) is 11.8 Å². The maximum atomic E-state index is 14.0. The van der Waals surface area contributed by atoms with Gasteiger partial charge in [0.2, 0.25) is 5.60 Å². The maximum Gasteiger partial charge on any atom is 0.268 e. The van der Waals surface area contributed by atoms with Crippen LogP contribution < -0.4 is 5.32 Å². The van der Waals surface area contributed by atoms with Gasteiger partial charge in [0, 0.05) is 36.5 Å². The molecular formula is C18H17BrF2N2O3. The molecular weight excluding hydrogens is 410 g/mol. The van der Waals surface area contributed by atoms with Gasteiger partial charge in [-0.2, -0.15) is 0 Å². The number of amides is 2. The maximum absolute atomic E-state index is 14.0. The Morgan fingerprint density at radius 1 is 1.35 bits per heavy atom. The van der Waals surface area contributed by atoms with E-state index in [1.165, 1.54) is 0 Å². The Morgan fingerprint density at radius 2 is 2.12 bits per heavy atom. The number of carbonyl (C=O) groups is 2. The molecule has 0 spiro atoms. The summed E-state index contributed by atoms with van der Waals surface area (Å²) < 4.78 is 27.9. The molecule has 1 aromatic rings. The summed E-state index contributed by atoms with van der Waals surface area (Å²) in [4.78, 5) is 26.0. The average Bonchev–Trinajstić information content (AvgIpc) is 2.90. The van der Waals surface area contributed by atoms with Gasteiger partial charge in [-0.25, -0.2) is 8.78 Å². The van der Waals surface area contributed by atoms with Gasteiger partial charge in [-0.1, -0.05) is 28.1 Å². The summed E-state index contributed by atoms with van der Waals surface area (Å²) in [5, 5.41) is 13.1. The van der Waals surface area contributed by atoms with E-state index >= 15 is 0 Å². The van der Waals surface area contributed by atoms with Gasteiger partial charge in [0.1, 0.15) is 11.7 Å². The largest absolute Gasteiger partial charge is 0.372 e. The molecule has 0 saturated carbocycles. The zero-order valence-electron chi connectivity index (χ0n) is 13.8. The average molecular weight is 427 g/mol. The van der Waals surface area contributed by atoms with Crippen LogP contribution in [0.3, 0.4) is 0 Å². The van der Waals surface area contributed by atoms with Crippen molar-refractivity contribution in [1.29, 1.82) is 0 Å². The zero-order valence-corrected chi connectivity index (χ0v) is 15.4. The van der Waals surface area contributed by atoms with E-state index in [2.05, 4.69) is 21.2 Å². The Morgan fingerprint density at radius 3 is 2.81 bits per heavy atom. The molecule has 1 saturated heterocycles.